The molecular formula is C11H18FN3. The van der Waals surface area contributed by atoms with Gasteiger partial charge in [-0.15, -0.1) is 0 Å². The first-order chi connectivity index (χ1) is 6.83. The topological polar surface area (TPSA) is 64.1 Å². The van der Waals surface area contributed by atoms with Crippen LogP contribution in [-0.4, -0.2) is 5.54 Å². The molecule has 0 aliphatic carbocycles. The fraction of sp³-hybridized carbons (Fsp3) is 0.455. The average Bonchev–Trinajstić information content (AvgIpc) is 2.07. The first kappa shape index (κ1) is 11.8. The van der Waals surface area contributed by atoms with Crippen LogP contribution in [0.1, 0.15) is 26.3 Å². The Morgan fingerprint density at radius 2 is 1.93 bits per heavy atom. The number of hydrogen-bond acceptors (Lipinski definition) is 3. The molecule has 0 heterocycles. The second kappa shape index (κ2) is 4.06. The van der Waals surface area contributed by atoms with Gasteiger partial charge in [-0.05, 0) is 38.5 Å². The van der Waals surface area contributed by atoms with E-state index in [1.165, 1.54) is 6.07 Å². The van der Waals surface area contributed by atoms with Gasteiger partial charge in [0.1, 0.15) is 5.82 Å². The molecule has 3 nitrogen and oxygen atoms in total. The highest BCUT2D eigenvalue weighted by Crippen LogP contribution is 2.24. The molecule has 1 rings (SSSR count). The zero-order valence-electron chi connectivity index (χ0n) is 9.39. The van der Waals surface area contributed by atoms with Crippen molar-refractivity contribution < 1.29 is 4.39 Å². The van der Waals surface area contributed by atoms with Gasteiger partial charge in [0, 0.05) is 17.8 Å². The Hall–Kier alpha value is -1.29. The van der Waals surface area contributed by atoms with Crippen LogP contribution < -0.4 is 16.8 Å². The van der Waals surface area contributed by atoms with E-state index in [-0.39, 0.29) is 11.4 Å². The van der Waals surface area contributed by atoms with E-state index >= 15 is 0 Å². The molecule has 15 heavy (non-hydrogen) atoms. The number of halogens is 1. The van der Waals surface area contributed by atoms with Gasteiger partial charge in [0.2, 0.25) is 0 Å². The third-order valence-electron chi connectivity index (χ3n) is 1.96. The fourth-order valence-corrected chi connectivity index (χ4v) is 1.31. The Labute approximate surface area is 89.7 Å². The van der Waals surface area contributed by atoms with E-state index in [2.05, 4.69) is 5.32 Å². The third-order valence-corrected chi connectivity index (χ3v) is 1.96. The Kier molecular flexibility index (Phi) is 3.19. The molecule has 0 aromatic heterocycles. The molecule has 0 amide bonds. The van der Waals surface area contributed by atoms with Crippen molar-refractivity contribution in [1.29, 1.82) is 0 Å². The van der Waals surface area contributed by atoms with E-state index < -0.39 is 0 Å². The van der Waals surface area contributed by atoms with Crippen molar-refractivity contribution in [3.8, 4) is 0 Å². The minimum Gasteiger partial charge on any atom is -0.398 e. The van der Waals surface area contributed by atoms with Crippen LogP contribution in [0.25, 0.3) is 0 Å². The van der Waals surface area contributed by atoms with Gasteiger partial charge in [-0.2, -0.15) is 0 Å². The van der Waals surface area contributed by atoms with E-state index in [9.17, 15) is 4.39 Å². The number of nitrogens with one attached hydrogen (secondary N) is 1. The van der Waals surface area contributed by atoms with Crippen molar-refractivity contribution in [2.45, 2.75) is 32.9 Å². The van der Waals surface area contributed by atoms with Crippen LogP contribution >= 0.6 is 0 Å². The second-order valence-corrected chi connectivity index (χ2v) is 4.61. The van der Waals surface area contributed by atoms with E-state index in [4.69, 9.17) is 11.5 Å². The van der Waals surface area contributed by atoms with Gasteiger partial charge in [-0.3, -0.25) is 0 Å². The zero-order chi connectivity index (χ0) is 11.6. The van der Waals surface area contributed by atoms with E-state index in [1.54, 1.807) is 6.07 Å². The van der Waals surface area contributed by atoms with Crippen LogP contribution in [0.4, 0.5) is 15.8 Å². The number of nitrogen functional groups attached to an aromatic ring is 1. The van der Waals surface area contributed by atoms with Crippen molar-refractivity contribution in [3.63, 3.8) is 0 Å². The van der Waals surface area contributed by atoms with Crippen LogP contribution in [0, 0.1) is 5.82 Å². The highest BCUT2D eigenvalue weighted by atomic mass is 19.1. The molecule has 0 bridgehead atoms. The number of anilines is 2. The molecular weight excluding hydrogens is 193 g/mol. The minimum atomic E-state index is -0.348. The monoisotopic (exact) mass is 211 g/mol. The molecule has 5 N–H and O–H groups in total. The molecule has 0 saturated heterocycles. The van der Waals surface area contributed by atoms with Gasteiger partial charge in [-0.25, -0.2) is 4.39 Å². The molecule has 84 valence electrons. The lowest BCUT2D eigenvalue weighted by Gasteiger charge is -2.23. The summed E-state index contributed by atoms with van der Waals surface area (Å²) in [6.07, 6.45) is 0. The van der Waals surface area contributed by atoms with Gasteiger partial charge in [0.05, 0.1) is 5.69 Å². The summed E-state index contributed by atoms with van der Waals surface area (Å²) < 4.78 is 13.5. The van der Waals surface area contributed by atoms with E-state index in [1.807, 2.05) is 20.8 Å². The highest BCUT2D eigenvalue weighted by molar-refractivity contribution is 5.59. The molecule has 0 fully saturated rings. The summed E-state index contributed by atoms with van der Waals surface area (Å²) in [5.74, 6) is -0.348. The van der Waals surface area contributed by atoms with E-state index in [0.29, 0.717) is 17.9 Å². The summed E-state index contributed by atoms with van der Waals surface area (Å²) in [6.45, 7) is 6.20. The van der Waals surface area contributed by atoms with Gasteiger partial charge >= 0.3 is 0 Å². The molecule has 0 spiro atoms. The number of rotatable bonds is 2. The fourth-order valence-electron chi connectivity index (χ4n) is 1.31. The lowest BCUT2D eigenvalue weighted by atomic mass is 10.1. The predicted octanol–water partition coefficient (Wildman–Crippen LogP) is 2.08. The van der Waals surface area contributed by atoms with Crippen molar-refractivity contribution in [2.24, 2.45) is 5.73 Å². The average molecular weight is 211 g/mol. The van der Waals surface area contributed by atoms with Gasteiger partial charge in [0.25, 0.3) is 0 Å². The maximum atomic E-state index is 13.5. The van der Waals surface area contributed by atoms with Crippen LogP contribution in [-0.2, 0) is 6.54 Å². The zero-order valence-corrected chi connectivity index (χ0v) is 9.39. The summed E-state index contributed by atoms with van der Waals surface area (Å²) in [5.41, 5.74) is 12.5. The number of nitrogens with two attached hydrogens (primary N) is 2. The Balaban J connectivity index is 3.08. The van der Waals surface area contributed by atoms with Crippen molar-refractivity contribution in [2.75, 3.05) is 11.1 Å². The standard InChI is InChI=1S/C11H18FN3/c1-11(2,3)15-10-4-7(6-13)9(14)5-8(10)12/h4-5,15H,6,13-14H2,1-3H3. The Morgan fingerprint density at radius 1 is 1.33 bits per heavy atom. The maximum Gasteiger partial charge on any atom is 0.148 e. The quantitative estimate of drug-likeness (QED) is 0.656. The van der Waals surface area contributed by atoms with E-state index in [0.717, 1.165) is 5.56 Å². The Morgan fingerprint density at radius 3 is 2.40 bits per heavy atom. The molecule has 0 radical (unpaired) electrons. The molecule has 1 aromatic rings. The molecule has 1 aromatic carbocycles. The lowest BCUT2D eigenvalue weighted by Crippen LogP contribution is -2.27. The molecule has 0 saturated carbocycles. The van der Waals surface area contributed by atoms with Crippen molar-refractivity contribution >= 4 is 11.4 Å². The summed E-state index contributed by atoms with van der Waals surface area (Å²) >= 11 is 0. The summed E-state index contributed by atoms with van der Waals surface area (Å²) in [6, 6.07) is 2.96. The van der Waals surface area contributed by atoms with Crippen LogP contribution in [0.2, 0.25) is 0 Å². The molecule has 0 aliphatic heterocycles. The first-order valence-electron chi connectivity index (χ1n) is 4.89. The molecule has 4 heteroatoms. The predicted molar refractivity (Wildman–Crippen MR) is 62.1 cm³/mol. The SMILES string of the molecule is CC(C)(C)Nc1cc(CN)c(N)cc1F. The highest BCUT2D eigenvalue weighted by Gasteiger charge is 2.14. The smallest absolute Gasteiger partial charge is 0.148 e. The van der Waals surface area contributed by atoms with Gasteiger partial charge < -0.3 is 16.8 Å². The Bertz CT molecular complexity index is 356. The molecule has 0 unspecified atom stereocenters. The van der Waals surface area contributed by atoms with Crippen LogP contribution in [0.3, 0.4) is 0 Å². The molecule has 0 aliphatic rings. The summed E-state index contributed by atoms with van der Waals surface area (Å²) in [4.78, 5) is 0. The van der Waals surface area contributed by atoms with Gasteiger partial charge in [0.15, 0.2) is 0 Å². The normalized spacial score (nSPS) is 11.5. The van der Waals surface area contributed by atoms with Crippen molar-refractivity contribution in [3.05, 3.63) is 23.5 Å². The van der Waals surface area contributed by atoms with Crippen LogP contribution in [0.5, 0.6) is 0 Å². The van der Waals surface area contributed by atoms with Crippen molar-refractivity contribution in [1.82, 2.24) is 0 Å². The second-order valence-electron chi connectivity index (χ2n) is 4.61. The summed E-state index contributed by atoms with van der Waals surface area (Å²) in [5, 5.41) is 3.07. The summed E-state index contributed by atoms with van der Waals surface area (Å²) in [7, 11) is 0. The largest absolute Gasteiger partial charge is 0.398 e. The van der Waals surface area contributed by atoms with Crippen LogP contribution in [0.15, 0.2) is 12.1 Å². The third kappa shape index (κ3) is 3.09. The lowest BCUT2D eigenvalue weighted by molar-refractivity contribution is 0.598. The first-order valence-corrected chi connectivity index (χ1v) is 4.89. The minimum absolute atomic E-state index is 0.192. The molecule has 0 atom stereocenters. The van der Waals surface area contributed by atoms with Gasteiger partial charge in [-0.1, -0.05) is 0 Å². The number of hydrogen-bond donors (Lipinski definition) is 3. The maximum absolute atomic E-state index is 13.5. The number of benzene rings is 1.